The van der Waals surface area contributed by atoms with Crippen molar-refractivity contribution in [2.75, 3.05) is 33.2 Å². The third-order valence-electron chi connectivity index (χ3n) is 3.32. The van der Waals surface area contributed by atoms with Crippen LogP contribution in [0.3, 0.4) is 0 Å². The van der Waals surface area contributed by atoms with Gasteiger partial charge in [0.2, 0.25) is 10.0 Å². The van der Waals surface area contributed by atoms with Crippen molar-refractivity contribution in [1.82, 2.24) is 14.9 Å². The lowest BCUT2D eigenvalue weighted by Crippen LogP contribution is -2.42. The molecule has 0 aliphatic carbocycles. The van der Waals surface area contributed by atoms with Gasteiger partial charge in [-0.15, -0.1) is 0 Å². The normalized spacial score (nSPS) is 15.9. The topological polar surface area (TPSA) is 61.4 Å². The summed E-state index contributed by atoms with van der Waals surface area (Å²) < 4.78 is 26.4. The number of nitrogens with zero attached hydrogens (tertiary/aromatic N) is 1. The molecule has 0 aliphatic heterocycles. The van der Waals surface area contributed by atoms with Gasteiger partial charge in [-0.25, -0.2) is 13.1 Å². The molecular weight excluding hydrogens is 250 g/mol. The summed E-state index contributed by atoms with van der Waals surface area (Å²) in [7, 11) is -1.18. The van der Waals surface area contributed by atoms with Crippen molar-refractivity contribution < 1.29 is 8.42 Å². The third-order valence-corrected chi connectivity index (χ3v) is 5.16. The van der Waals surface area contributed by atoms with Crippen LogP contribution in [0.4, 0.5) is 0 Å². The molecule has 2 atom stereocenters. The van der Waals surface area contributed by atoms with Crippen LogP contribution in [0.2, 0.25) is 0 Å². The van der Waals surface area contributed by atoms with Crippen LogP contribution >= 0.6 is 0 Å². The molecule has 0 aromatic heterocycles. The Balaban J connectivity index is 4.04. The Morgan fingerprint density at radius 2 is 1.83 bits per heavy atom. The Labute approximate surface area is 112 Å². The Morgan fingerprint density at radius 3 is 2.33 bits per heavy atom. The van der Waals surface area contributed by atoms with Crippen LogP contribution in [0.5, 0.6) is 0 Å². The van der Waals surface area contributed by atoms with Gasteiger partial charge in [0.05, 0.1) is 5.25 Å². The van der Waals surface area contributed by atoms with E-state index in [1.165, 1.54) is 0 Å². The minimum Gasteiger partial charge on any atom is -0.316 e. The Hall–Kier alpha value is -0.170. The smallest absolute Gasteiger partial charge is 0.215 e. The van der Waals surface area contributed by atoms with E-state index < -0.39 is 15.3 Å². The molecule has 0 bridgehead atoms. The zero-order chi connectivity index (χ0) is 14.2. The van der Waals surface area contributed by atoms with Gasteiger partial charge in [0.15, 0.2) is 0 Å². The SMILES string of the molecule is CCNCC(C)S(=O)(=O)NCCN(C)C(C)CC. The number of hydrogen-bond donors (Lipinski definition) is 2. The third kappa shape index (κ3) is 6.68. The number of likely N-dealkylation sites (N-methyl/N-ethyl adjacent to an activating group) is 1. The Kier molecular flexibility index (Phi) is 8.77. The van der Waals surface area contributed by atoms with Gasteiger partial charge in [-0.05, 0) is 33.9 Å². The molecule has 0 aromatic carbocycles. The van der Waals surface area contributed by atoms with Crippen LogP contribution in [0, 0.1) is 0 Å². The van der Waals surface area contributed by atoms with Crippen molar-refractivity contribution in [2.45, 2.75) is 45.4 Å². The second-order valence-corrected chi connectivity index (χ2v) is 6.98. The van der Waals surface area contributed by atoms with E-state index in [1.54, 1.807) is 6.92 Å². The van der Waals surface area contributed by atoms with E-state index in [2.05, 4.69) is 28.8 Å². The summed E-state index contributed by atoms with van der Waals surface area (Å²) in [6.07, 6.45) is 1.07. The van der Waals surface area contributed by atoms with Crippen LogP contribution in [-0.2, 0) is 10.0 Å². The summed E-state index contributed by atoms with van der Waals surface area (Å²) in [6, 6.07) is 0.480. The number of rotatable bonds is 10. The van der Waals surface area contributed by atoms with Crippen LogP contribution in [0.1, 0.15) is 34.1 Å². The summed E-state index contributed by atoms with van der Waals surface area (Å²) in [5.41, 5.74) is 0. The number of nitrogens with one attached hydrogen (secondary N) is 2. The molecule has 0 fully saturated rings. The summed E-state index contributed by atoms with van der Waals surface area (Å²) in [5.74, 6) is 0. The molecule has 0 aromatic rings. The monoisotopic (exact) mass is 279 g/mol. The maximum absolute atomic E-state index is 11.9. The van der Waals surface area contributed by atoms with Gasteiger partial charge in [-0.2, -0.15) is 0 Å². The van der Waals surface area contributed by atoms with Gasteiger partial charge in [-0.1, -0.05) is 13.8 Å². The quantitative estimate of drug-likeness (QED) is 0.616. The molecule has 0 saturated heterocycles. The zero-order valence-corrected chi connectivity index (χ0v) is 13.2. The minimum atomic E-state index is -3.20. The Bertz CT molecular complexity index is 306. The summed E-state index contributed by atoms with van der Waals surface area (Å²) in [5, 5.41) is 2.65. The fourth-order valence-electron chi connectivity index (χ4n) is 1.50. The predicted octanol–water partition coefficient (Wildman–Crippen LogP) is 0.634. The second kappa shape index (κ2) is 8.85. The van der Waals surface area contributed by atoms with E-state index in [0.717, 1.165) is 19.5 Å². The fourth-order valence-corrected chi connectivity index (χ4v) is 2.49. The van der Waals surface area contributed by atoms with Gasteiger partial charge in [0.1, 0.15) is 0 Å². The maximum Gasteiger partial charge on any atom is 0.215 e. The highest BCUT2D eigenvalue weighted by molar-refractivity contribution is 7.90. The first kappa shape index (κ1) is 17.8. The van der Waals surface area contributed by atoms with Crippen LogP contribution < -0.4 is 10.0 Å². The summed E-state index contributed by atoms with van der Waals surface area (Å²) >= 11 is 0. The Morgan fingerprint density at radius 1 is 1.22 bits per heavy atom. The summed E-state index contributed by atoms with van der Waals surface area (Å²) in [6.45, 7) is 10.5. The van der Waals surface area contributed by atoms with Crippen molar-refractivity contribution in [2.24, 2.45) is 0 Å². The van der Waals surface area contributed by atoms with E-state index >= 15 is 0 Å². The lowest BCUT2D eigenvalue weighted by molar-refractivity contribution is 0.256. The first-order valence-electron chi connectivity index (χ1n) is 6.74. The van der Waals surface area contributed by atoms with Crippen LogP contribution in [-0.4, -0.2) is 57.8 Å². The van der Waals surface area contributed by atoms with E-state index in [0.29, 0.717) is 19.1 Å². The van der Waals surface area contributed by atoms with Crippen molar-refractivity contribution in [3.63, 3.8) is 0 Å². The van der Waals surface area contributed by atoms with Gasteiger partial charge >= 0.3 is 0 Å². The van der Waals surface area contributed by atoms with Crippen LogP contribution in [0.15, 0.2) is 0 Å². The lowest BCUT2D eigenvalue weighted by Gasteiger charge is -2.24. The molecule has 0 spiro atoms. The molecule has 110 valence electrons. The van der Waals surface area contributed by atoms with Crippen molar-refractivity contribution >= 4 is 10.0 Å². The zero-order valence-electron chi connectivity index (χ0n) is 12.4. The van der Waals surface area contributed by atoms with E-state index in [-0.39, 0.29) is 0 Å². The second-order valence-electron chi connectivity index (χ2n) is 4.80. The van der Waals surface area contributed by atoms with E-state index in [9.17, 15) is 8.42 Å². The number of hydrogen-bond acceptors (Lipinski definition) is 4. The minimum absolute atomic E-state index is 0.397. The fraction of sp³-hybridized carbons (Fsp3) is 1.00. The molecule has 0 amide bonds. The van der Waals surface area contributed by atoms with Crippen LogP contribution in [0.25, 0.3) is 0 Å². The van der Waals surface area contributed by atoms with E-state index in [1.807, 2.05) is 14.0 Å². The molecule has 2 unspecified atom stereocenters. The molecule has 18 heavy (non-hydrogen) atoms. The van der Waals surface area contributed by atoms with Gasteiger partial charge < -0.3 is 10.2 Å². The lowest BCUT2D eigenvalue weighted by atomic mass is 10.2. The first-order valence-corrected chi connectivity index (χ1v) is 8.29. The largest absolute Gasteiger partial charge is 0.316 e. The predicted molar refractivity (Wildman–Crippen MR) is 77.3 cm³/mol. The molecule has 2 N–H and O–H groups in total. The highest BCUT2D eigenvalue weighted by Gasteiger charge is 2.19. The molecule has 5 nitrogen and oxygen atoms in total. The number of sulfonamides is 1. The molecule has 0 radical (unpaired) electrons. The molecule has 0 aliphatic rings. The highest BCUT2D eigenvalue weighted by Crippen LogP contribution is 2.00. The molecule has 6 heteroatoms. The molecular formula is C12H29N3O2S. The standard InChI is InChI=1S/C12H29N3O2S/c1-6-11(3)15(5)9-8-14-18(16,17)12(4)10-13-7-2/h11-14H,6-10H2,1-5H3. The average Bonchev–Trinajstić information content (AvgIpc) is 2.34. The van der Waals surface area contributed by atoms with Gasteiger partial charge in [0, 0.05) is 25.7 Å². The van der Waals surface area contributed by atoms with Crippen molar-refractivity contribution in [3.8, 4) is 0 Å². The molecule has 0 rings (SSSR count). The molecule has 0 heterocycles. The van der Waals surface area contributed by atoms with Gasteiger partial charge in [0.25, 0.3) is 0 Å². The van der Waals surface area contributed by atoms with E-state index in [4.69, 9.17) is 0 Å². The van der Waals surface area contributed by atoms with Gasteiger partial charge in [-0.3, -0.25) is 0 Å². The highest BCUT2D eigenvalue weighted by atomic mass is 32.2. The average molecular weight is 279 g/mol. The molecule has 0 saturated carbocycles. The van der Waals surface area contributed by atoms with Crippen molar-refractivity contribution in [3.05, 3.63) is 0 Å². The first-order chi connectivity index (χ1) is 8.35. The maximum atomic E-state index is 11.9. The summed E-state index contributed by atoms with van der Waals surface area (Å²) in [4.78, 5) is 2.16. The van der Waals surface area contributed by atoms with Crippen molar-refractivity contribution in [1.29, 1.82) is 0 Å².